The standard InChI is InChI=1S/C29H24N2O/c32-29-30(22-23-13-5-1-6-14-23)27(24-15-7-2-8-16-24)21-28(25-17-9-3-10-18-25)31(29)26-19-11-4-12-20-26/h1-21,27H,22H2. The normalized spacial score (nSPS) is 16.1. The molecule has 0 bridgehead atoms. The van der Waals surface area contributed by atoms with Gasteiger partial charge in [-0.05, 0) is 34.9 Å². The van der Waals surface area contributed by atoms with Crippen LogP contribution in [0.3, 0.4) is 0 Å². The van der Waals surface area contributed by atoms with Crippen molar-refractivity contribution in [2.75, 3.05) is 4.90 Å². The highest BCUT2D eigenvalue weighted by atomic mass is 16.2. The average Bonchev–Trinajstić information content (AvgIpc) is 2.87. The number of anilines is 1. The lowest BCUT2D eigenvalue weighted by Gasteiger charge is -2.41. The lowest BCUT2D eigenvalue weighted by atomic mass is 9.97. The number of benzene rings is 4. The van der Waals surface area contributed by atoms with E-state index in [0.29, 0.717) is 6.54 Å². The van der Waals surface area contributed by atoms with Crippen LogP contribution in [0.1, 0.15) is 22.7 Å². The Balaban J connectivity index is 1.68. The molecule has 1 atom stereocenters. The topological polar surface area (TPSA) is 23.6 Å². The van der Waals surface area contributed by atoms with Gasteiger partial charge in [-0.1, -0.05) is 109 Å². The van der Waals surface area contributed by atoms with Crippen LogP contribution in [0.5, 0.6) is 0 Å². The van der Waals surface area contributed by atoms with E-state index in [2.05, 4.69) is 42.5 Å². The van der Waals surface area contributed by atoms with Gasteiger partial charge in [0.2, 0.25) is 0 Å². The van der Waals surface area contributed by atoms with E-state index in [0.717, 1.165) is 28.1 Å². The van der Waals surface area contributed by atoms with Crippen molar-refractivity contribution in [1.29, 1.82) is 0 Å². The Bertz CT molecular complexity index is 1210. The van der Waals surface area contributed by atoms with Crippen molar-refractivity contribution in [3.8, 4) is 0 Å². The second kappa shape index (κ2) is 8.94. The molecule has 0 saturated carbocycles. The molecule has 0 aliphatic carbocycles. The van der Waals surface area contributed by atoms with E-state index >= 15 is 0 Å². The molecule has 1 unspecified atom stereocenters. The highest BCUT2D eigenvalue weighted by Gasteiger charge is 2.36. The fourth-order valence-corrected chi connectivity index (χ4v) is 4.20. The van der Waals surface area contributed by atoms with Crippen molar-refractivity contribution >= 4 is 17.4 Å². The van der Waals surface area contributed by atoms with Crippen molar-refractivity contribution in [3.63, 3.8) is 0 Å². The predicted octanol–water partition coefficient (Wildman–Crippen LogP) is 6.91. The number of para-hydroxylation sites is 1. The molecule has 1 aliphatic rings. The maximum Gasteiger partial charge on any atom is 0.330 e. The van der Waals surface area contributed by atoms with Crippen molar-refractivity contribution in [2.45, 2.75) is 12.6 Å². The first-order valence-corrected chi connectivity index (χ1v) is 10.8. The van der Waals surface area contributed by atoms with E-state index in [-0.39, 0.29) is 12.1 Å². The van der Waals surface area contributed by atoms with Crippen LogP contribution in [0.15, 0.2) is 127 Å². The molecule has 0 N–H and O–H groups in total. The Morgan fingerprint density at radius 2 is 1.16 bits per heavy atom. The molecule has 5 rings (SSSR count). The molecular formula is C29H24N2O. The Hall–Kier alpha value is -4.11. The van der Waals surface area contributed by atoms with Crippen LogP contribution in [0.4, 0.5) is 10.5 Å². The van der Waals surface area contributed by atoms with Gasteiger partial charge in [0, 0.05) is 6.54 Å². The number of urea groups is 1. The summed E-state index contributed by atoms with van der Waals surface area (Å²) in [5, 5.41) is 0. The molecule has 0 saturated heterocycles. The summed E-state index contributed by atoms with van der Waals surface area (Å²) in [5.74, 6) is 0. The van der Waals surface area contributed by atoms with Gasteiger partial charge in [-0.3, -0.25) is 4.90 Å². The van der Waals surface area contributed by atoms with E-state index in [1.807, 2.05) is 94.7 Å². The van der Waals surface area contributed by atoms with E-state index in [1.165, 1.54) is 0 Å². The van der Waals surface area contributed by atoms with Gasteiger partial charge in [0.1, 0.15) is 0 Å². The summed E-state index contributed by atoms with van der Waals surface area (Å²) in [6, 6.07) is 40.2. The minimum absolute atomic E-state index is 0.0322. The SMILES string of the molecule is O=C1N(c2ccccc2)C(c2ccccc2)=CC(c2ccccc2)N1Cc1ccccc1. The number of nitrogens with zero attached hydrogens (tertiary/aromatic N) is 2. The van der Waals surface area contributed by atoms with Gasteiger partial charge in [-0.15, -0.1) is 0 Å². The number of rotatable bonds is 5. The maximum absolute atomic E-state index is 14.1. The van der Waals surface area contributed by atoms with E-state index in [9.17, 15) is 4.79 Å². The molecular weight excluding hydrogens is 392 g/mol. The van der Waals surface area contributed by atoms with Gasteiger partial charge in [-0.2, -0.15) is 0 Å². The van der Waals surface area contributed by atoms with Crippen molar-refractivity contribution in [1.82, 2.24) is 4.90 Å². The molecule has 4 aromatic carbocycles. The molecule has 32 heavy (non-hydrogen) atoms. The molecule has 0 spiro atoms. The van der Waals surface area contributed by atoms with Crippen molar-refractivity contribution < 1.29 is 4.79 Å². The van der Waals surface area contributed by atoms with Crippen molar-refractivity contribution in [3.05, 3.63) is 144 Å². The molecule has 2 amide bonds. The summed E-state index contributed by atoms with van der Waals surface area (Å²) in [4.78, 5) is 17.9. The molecule has 0 aromatic heterocycles. The third kappa shape index (κ3) is 3.93. The van der Waals surface area contributed by atoms with Crippen LogP contribution in [0.2, 0.25) is 0 Å². The van der Waals surface area contributed by atoms with Gasteiger partial charge >= 0.3 is 6.03 Å². The smallest absolute Gasteiger partial charge is 0.309 e. The van der Waals surface area contributed by atoms with Gasteiger partial charge in [0.15, 0.2) is 0 Å². The predicted molar refractivity (Wildman–Crippen MR) is 130 cm³/mol. The highest BCUT2D eigenvalue weighted by Crippen LogP contribution is 2.38. The van der Waals surface area contributed by atoms with E-state index in [4.69, 9.17) is 0 Å². The Labute approximate surface area is 188 Å². The minimum Gasteiger partial charge on any atom is -0.309 e. The third-order valence-electron chi connectivity index (χ3n) is 5.75. The zero-order valence-corrected chi connectivity index (χ0v) is 17.7. The third-order valence-corrected chi connectivity index (χ3v) is 5.75. The van der Waals surface area contributed by atoms with Crippen LogP contribution in [0, 0.1) is 0 Å². The second-order valence-electron chi connectivity index (χ2n) is 7.84. The summed E-state index contributed by atoms with van der Waals surface area (Å²) >= 11 is 0. The first-order chi connectivity index (χ1) is 15.8. The summed E-state index contributed by atoms with van der Waals surface area (Å²) < 4.78 is 0. The number of amides is 2. The van der Waals surface area contributed by atoms with Gasteiger partial charge in [-0.25, -0.2) is 4.79 Å². The van der Waals surface area contributed by atoms with E-state index in [1.54, 1.807) is 0 Å². The van der Waals surface area contributed by atoms with Gasteiger partial charge < -0.3 is 4.90 Å². The number of carbonyl (C=O) groups is 1. The summed E-state index contributed by atoms with van der Waals surface area (Å²) in [6.07, 6.45) is 2.21. The number of hydrogen-bond donors (Lipinski definition) is 0. The minimum atomic E-state index is -0.168. The summed E-state index contributed by atoms with van der Waals surface area (Å²) in [5.41, 5.74) is 4.98. The highest BCUT2D eigenvalue weighted by molar-refractivity contribution is 6.07. The maximum atomic E-state index is 14.1. The quantitative estimate of drug-likeness (QED) is 0.347. The second-order valence-corrected chi connectivity index (χ2v) is 7.84. The van der Waals surface area contributed by atoms with Crippen LogP contribution in [-0.4, -0.2) is 10.9 Å². The fraction of sp³-hybridized carbons (Fsp3) is 0.0690. The molecule has 3 heteroatoms. The zero-order chi connectivity index (χ0) is 21.8. The first kappa shape index (κ1) is 19.8. The Morgan fingerprint density at radius 1 is 0.625 bits per heavy atom. The fourth-order valence-electron chi connectivity index (χ4n) is 4.20. The molecule has 0 fully saturated rings. The van der Waals surface area contributed by atoms with Crippen LogP contribution in [0.25, 0.3) is 5.70 Å². The summed E-state index contributed by atoms with van der Waals surface area (Å²) in [6.45, 7) is 0.529. The monoisotopic (exact) mass is 416 g/mol. The van der Waals surface area contributed by atoms with Crippen molar-refractivity contribution in [2.24, 2.45) is 0 Å². The lowest BCUT2D eigenvalue weighted by molar-refractivity contribution is 0.189. The Morgan fingerprint density at radius 3 is 1.78 bits per heavy atom. The number of hydrogen-bond acceptors (Lipinski definition) is 1. The number of carbonyl (C=O) groups excluding carboxylic acids is 1. The van der Waals surface area contributed by atoms with Gasteiger partial charge in [0.05, 0.1) is 17.4 Å². The zero-order valence-electron chi connectivity index (χ0n) is 17.7. The molecule has 1 heterocycles. The molecule has 3 nitrogen and oxygen atoms in total. The van der Waals surface area contributed by atoms with Crippen LogP contribution in [-0.2, 0) is 6.54 Å². The largest absolute Gasteiger partial charge is 0.330 e. The molecule has 0 radical (unpaired) electrons. The van der Waals surface area contributed by atoms with E-state index < -0.39 is 0 Å². The summed E-state index contributed by atoms with van der Waals surface area (Å²) in [7, 11) is 0. The molecule has 4 aromatic rings. The Kier molecular flexibility index (Phi) is 5.54. The average molecular weight is 417 g/mol. The first-order valence-electron chi connectivity index (χ1n) is 10.8. The molecule has 1 aliphatic heterocycles. The van der Waals surface area contributed by atoms with Crippen LogP contribution < -0.4 is 4.90 Å². The van der Waals surface area contributed by atoms with Crippen LogP contribution >= 0.6 is 0 Å². The lowest BCUT2D eigenvalue weighted by Crippen LogP contribution is -2.47. The molecule has 156 valence electrons. The van der Waals surface area contributed by atoms with Gasteiger partial charge in [0.25, 0.3) is 0 Å².